The lowest BCUT2D eigenvalue weighted by Crippen LogP contribution is -2.60. The molecule has 5 aromatic rings. The first-order valence-electron chi connectivity index (χ1n) is 19.0. The summed E-state index contributed by atoms with van der Waals surface area (Å²) in [4.78, 5) is 0. The highest BCUT2D eigenvalue weighted by Gasteiger charge is 2.46. The van der Waals surface area contributed by atoms with Crippen LogP contribution >= 0.6 is 0 Å². The topological polar surface area (TPSA) is 46.2 Å². The minimum Gasteiger partial charge on any atom is -0.374 e. The van der Waals surface area contributed by atoms with E-state index in [0.717, 1.165) is 22.3 Å². The van der Waals surface area contributed by atoms with E-state index < -0.39 is 6.10 Å². The predicted molar refractivity (Wildman–Crippen MR) is 216 cm³/mol. The third-order valence-electron chi connectivity index (χ3n) is 7.78. The molecule has 0 saturated carbocycles. The SMILES string of the molecule is CC.CC.CC.C[C@@H]1O[C@H](COCc2ccccc2)[C@@H](OCc2ccccc2)[C@H](OCc2ccccc2)[C@H]1OCc1ccccc1.c1ccccc1. The predicted octanol–water partition coefficient (Wildman–Crippen LogP) is 11.5. The summed E-state index contributed by atoms with van der Waals surface area (Å²) in [5.41, 5.74) is 4.41. The van der Waals surface area contributed by atoms with Crippen molar-refractivity contribution < 1.29 is 23.7 Å². The van der Waals surface area contributed by atoms with E-state index in [1.807, 2.05) is 158 Å². The maximum absolute atomic E-state index is 6.65. The van der Waals surface area contributed by atoms with Crippen LogP contribution in [0.25, 0.3) is 0 Å². The third-order valence-corrected chi connectivity index (χ3v) is 7.78. The van der Waals surface area contributed by atoms with Crippen LogP contribution in [0.15, 0.2) is 158 Å². The Hall–Kier alpha value is -4.10. The van der Waals surface area contributed by atoms with Crippen molar-refractivity contribution in [2.75, 3.05) is 6.61 Å². The minimum absolute atomic E-state index is 0.216. The van der Waals surface area contributed by atoms with E-state index in [1.165, 1.54) is 0 Å². The third kappa shape index (κ3) is 16.5. The van der Waals surface area contributed by atoms with E-state index in [0.29, 0.717) is 33.0 Å². The first kappa shape index (κ1) is 44.1. The van der Waals surface area contributed by atoms with E-state index in [2.05, 4.69) is 48.5 Å². The summed E-state index contributed by atoms with van der Waals surface area (Å²) in [6.45, 7) is 16.3. The molecule has 0 aromatic heterocycles. The quantitative estimate of drug-likeness (QED) is 0.122. The maximum Gasteiger partial charge on any atom is 0.115 e. The van der Waals surface area contributed by atoms with Crippen LogP contribution in [0.4, 0.5) is 0 Å². The van der Waals surface area contributed by atoms with Gasteiger partial charge in [0.1, 0.15) is 24.4 Å². The first-order chi connectivity index (χ1) is 25.8. The summed E-state index contributed by atoms with van der Waals surface area (Å²) in [6, 6.07) is 52.8. The molecule has 0 spiro atoms. The van der Waals surface area contributed by atoms with Crippen LogP contribution in [-0.2, 0) is 50.1 Å². The van der Waals surface area contributed by atoms with Gasteiger partial charge in [0.15, 0.2) is 0 Å². The largest absolute Gasteiger partial charge is 0.374 e. The van der Waals surface area contributed by atoms with Crippen LogP contribution in [0.3, 0.4) is 0 Å². The maximum atomic E-state index is 6.65. The molecule has 5 heteroatoms. The van der Waals surface area contributed by atoms with Crippen molar-refractivity contribution in [2.24, 2.45) is 0 Å². The Labute approximate surface area is 314 Å². The average Bonchev–Trinajstić information content (AvgIpc) is 3.24. The van der Waals surface area contributed by atoms with Gasteiger partial charge >= 0.3 is 0 Å². The summed E-state index contributed by atoms with van der Waals surface area (Å²) >= 11 is 0. The number of ether oxygens (including phenoxy) is 5. The fraction of sp³-hybridized carbons (Fsp3) is 0.362. The Kier molecular flexibility index (Phi) is 24.1. The zero-order chi connectivity index (χ0) is 37.7. The van der Waals surface area contributed by atoms with Gasteiger partial charge in [-0.15, -0.1) is 0 Å². The summed E-state index contributed by atoms with van der Waals surface area (Å²) in [5, 5.41) is 0. The van der Waals surface area contributed by atoms with Gasteiger partial charge in [0.05, 0.1) is 39.1 Å². The first-order valence-corrected chi connectivity index (χ1v) is 19.0. The van der Waals surface area contributed by atoms with Gasteiger partial charge in [0.25, 0.3) is 0 Å². The highest BCUT2D eigenvalue weighted by molar-refractivity contribution is 5.16. The van der Waals surface area contributed by atoms with Crippen LogP contribution < -0.4 is 0 Å². The summed E-state index contributed by atoms with van der Waals surface area (Å²) < 4.78 is 32.5. The molecule has 5 atom stereocenters. The zero-order valence-corrected chi connectivity index (χ0v) is 32.5. The molecule has 0 bridgehead atoms. The van der Waals surface area contributed by atoms with Crippen LogP contribution in [0.1, 0.15) is 70.7 Å². The van der Waals surface area contributed by atoms with Crippen LogP contribution in [0, 0.1) is 0 Å². The minimum atomic E-state index is -0.392. The van der Waals surface area contributed by atoms with Crippen LogP contribution in [0.2, 0.25) is 0 Å². The molecular weight excluding hydrogens is 645 g/mol. The molecule has 1 aliphatic heterocycles. The standard InChI is InChI=1S/C35H38O5.C6H6.3C2H6/c1-27-33(37-23-29-16-8-3-9-17-29)35(39-25-31-20-12-5-13-21-31)34(38-24-30-18-10-4-11-19-30)32(40-27)26-36-22-28-14-6-2-7-15-28;1-2-4-6-5-3-1;3*1-2/h2-21,27,32-35H,22-26H2,1H3;1-6H;3*1-2H3/t27-,32+,33-,34+,35+;;;;/m0..../s1. The fourth-order valence-corrected chi connectivity index (χ4v) is 5.40. The molecule has 0 aliphatic carbocycles. The second kappa shape index (κ2) is 28.5. The molecule has 0 N–H and O–H groups in total. The molecule has 280 valence electrons. The molecule has 1 heterocycles. The van der Waals surface area contributed by atoms with Gasteiger partial charge in [-0.05, 0) is 29.2 Å². The second-order valence-electron chi connectivity index (χ2n) is 11.3. The van der Waals surface area contributed by atoms with Gasteiger partial charge in [-0.3, -0.25) is 0 Å². The molecule has 1 fully saturated rings. The van der Waals surface area contributed by atoms with Gasteiger partial charge < -0.3 is 23.7 Å². The van der Waals surface area contributed by atoms with E-state index in [-0.39, 0.29) is 24.4 Å². The summed E-state index contributed by atoms with van der Waals surface area (Å²) in [5.74, 6) is 0. The van der Waals surface area contributed by atoms with Crippen molar-refractivity contribution in [1.82, 2.24) is 0 Å². The molecule has 0 radical (unpaired) electrons. The number of hydrogen-bond acceptors (Lipinski definition) is 5. The Morgan fingerprint density at radius 1 is 0.385 bits per heavy atom. The van der Waals surface area contributed by atoms with Gasteiger partial charge in [-0.2, -0.15) is 0 Å². The Morgan fingerprint density at radius 3 is 1.04 bits per heavy atom. The van der Waals surface area contributed by atoms with E-state index in [1.54, 1.807) is 0 Å². The lowest BCUT2D eigenvalue weighted by molar-refractivity contribution is -0.269. The number of benzene rings is 5. The normalized spacial score (nSPS) is 18.7. The second-order valence-corrected chi connectivity index (χ2v) is 11.3. The number of rotatable bonds is 13. The average molecular weight is 707 g/mol. The zero-order valence-electron chi connectivity index (χ0n) is 32.5. The van der Waals surface area contributed by atoms with E-state index in [4.69, 9.17) is 23.7 Å². The smallest absolute Gasteiger partial charge is 0.115 e. The van der Waals surface area contributed by atoms with E-state index in [9.17, 15) is 0 Å². The van der Waals surface area contributed by atoms with Crippen molar-refractivity contribution >= 4 is 0 Å². The summed E-state index contributed by atoms with van der Waals surface area (Å²) in [7, 11) is 0. The Morgan fingerprint density at radius 2 is 0.673 bits per heavy atom. The highest BCUT2D eigenvalue weighted by Crippen LogP contribution is 2.31. The monoisotopic (exact) mass is 706 g/mol. The van der Waals surface area contributed by atoms with Crippen LogP contribution in [0.5, 0.6) is 0 Å². The molecule has 0 unspecified atom stereocenters. The lowest BCUT2D eigenvalue weighted by atomic mass is 9.94. The molecular formula is C47H62O5. The van der Waals surface area contributed by atoms with Crippen molar-refractivity contribution in [3.63, 3.8) is 0 Å². The van der Waals surface area contributed by atoms with E-state index >= 15 is 0 Å². The van der Waals surface area contributed by atoms with Crippen molar-refractivity contribution in [2.45, 2.75) is 105 Å². The molecule has 52 heavy (non-hydrogen) atoms. The Balaban J connectivity index is 0.000000681. The van der Waals surface area contributed by atoms with Crippen LogP contribution in [-0.4, -0.2) is 37.1 Å². The van der Waals surface area contributed by atoms with Gasteiger partial charge in [0.2, 0.25) is 0 Å². The van der Waals surface area contributed by atoms with Crippen molar-refractivity contribution in [3.05, 3.63) is 180 Å². The number of hydrogen-bond donors (Lipinski definition) is 0. The van der Waals surface area contributed by atoms with Crippen molar-refractivity contribution in [1.29, 1.82) is 0 Å². The summed E-state index contributed by atoms with van der Waals surface area (Å²) in [6.07, 6.45) is -1.61. The van der Waals surface area contributed by atoms with Gasteiger partial charge in [0, 0.05) is 0 Å². The van der Waals surface area contributed by atoms with Gasteiger partial charge in [-0.25, -0.2) is 0 Å². The van der Waals surface area contributed by atoms with Gasteiger partial charge in [-0.1, -0.05) is 199 Å². The fourth-order valence-electron chi connectivity index (χ4n) is 5.40. The van der Waals surface area contributed by atoms with Crippen molar-refractivity contribution in [3.8, 4) is 0 Å². The molecule has 1 saturated heterocycles. The molecule has 5 nitrogen and oxygen atoms in total. The highest BCUT2D eigenvalue weighted by atomic mass is 16.6. The lowest BCUT2D eigenvalue weighted by Gasteiger charge is -2.45. The Bertz CT molecular complexity index is 1440. The molecule has 6 rings (SSSR count). The molecule has 1 aliphatic rings. The molecule has 5 aromatic carbocycles. The molecule has 0 amide bonds.